The van der Waals surface area contributed by atoms with Crippen molar-refractivity contribution in [1.82, 2.24) is 14.8 Å². The molecule has 1 unspecified atom stereocenters. The number of fused-ring (bicyclic) bond motifs is 1. The van der Waals surface area contributed by atoms with E-state index in [1.807, 2.05) is 6.92 Å². The lowest BCUT2D eigenvalue weighted by Crippen LogP contribution is -2.00. The molecule has 2 rings (SSSR count). The number of aromatic nitrogens is 3. The molecular weight excluding hydrogens is 126 g/mol. The average Bonchev–Trinajstić information content (AvgIpc) is 2.40. The lowest BCUT2D eigenvalue weighted by atomic mass is 10.2. The van der Waals surface area contributed by atoms with E-state index in [1.54, 1.807) is 0 Å². The quantitative estimate of drug-likeness (QED) is 0.536. The number of hydrogen-bond donors (Lipinski definition) is 0. The van der Waals surface area contributed by atoms with Crippen LogP contribution in [0.25, 0.3) is 0 Å². The first-order valence-corrected chi connectivity index (χ1v) is 3.69. The second-order valence-corrected chi connectivity index (χ2v) is 2.92. The van der Waals surface area contributed by atoms with Crippen molar-refractivity contribution in [3.05, 3.63) is 11.6 Å². The van der Waals surface area contributed by atoms with E-state index in [1.165, 1.54) is 6.42 Å². The molecule has 0 bridgehead atoms. The van der Waals surface area contributed by atoms with Crippen LogP contribution in [0.3, 0.4) is 0 Å². The van der Waals surface area contributed by atoms with E-state index in [2.05, 4.69) is 21.7 Å². The number of rotatable bonds is 0. The summed E-state index contributed by atoms with van der Waals surface area (Å²) in [5.41, 5.74) is 0. The molecule has 0 aromatic carbocycles. The van der Waals surface area contributed by atoms with Gasteiger partial charge < -0.3 is 4.57 Å². The average molecular weight is 137 g/mol. The summed E-state index contributed by atoms with van der Waals surface area (Å²) >= 11 is 0. The fourth-order valence-electron chi connectivity index (χ4n) is 1.62. The van der Waals surface area contributed by atoms with Gasteiger partial charge in [-0.25, -0.2) is 0 Å². The van der Waals surface area contributed by atoms with Gasteiger partial charge in [-0.2, -0.15) is 0 Å². The molecule has 0 N–H and O–H groups in total. The molecule has 0 saturated heterocycles. The summed E-state index contributed by atoms with van der Waals surface area (Å²) in [7, 11) is 0. The van der Waals surface area contributed by atoms with Gasteiger partial charge in [0.2, 0.25) is 0 Å². The smallest absolute Gasteiger partial charge is 0.133 e. The Kier molecular flexibility index (Phi) is 1.07. The van der Waals surface area contributed by atoms with Crippen molar-refractivity contribution in [2.75, 3.05) is 0 Å². The predicted molar refractivity (Wildman–Crippen MR) is 37.8 cm³/mol. The van der Waals surface area contributed by atoms with E-state index >= 15 is 0 Å². The van der Waals surface area contributed by atoms with Crippen LogP contribution in [-0.4, -0.2) is 14.8 Å². The molecule has 1 atom stereocenters. The van der Waals surface area contributed by atoms with Crippen LogP contribution in [0, 0.1) is 6.92 Å². The molecule has 54 valence electrons. The highest BCUT2D eigenvalue weighted by molar-refractivity contribution is 5.01. The van der Waals surface area contributed by atoms with Crippen LogP contribution in [0.5, 0.6) is 0 Å². The third kappa shape index (κ3) is 0.602. The topological polar surface area (TPSA) is 30.7 Å². The minimum absolute atomic E-state index is 0.616. The molecule has 0 aliphatic carbocycles. The molecule has 0 amide bonds. The van der Waals surface area contributed by atoms with Gasteiger partial charge in [0.05, 0.1) is 0 Å². The van der Waals surface area contributed by atoms with E-state index in [4.69, 9.17) is 0 Å². The summed E-state index contributed by atoms with van der Waals surface area (Å²) in [6.45, 7) is 4.23. The molecule has 0 fully saturated rings. The molecule has 1 aromatic rings. The maximum absolute atomic E-state index is 4.06. The fraction of sp³-hybridized carbons (Fsp3) is 0.714. The highest BCUT2D eigenvalue weighted by atomic mass is 15.3. The minimum atomic E-state index is 0.616. The molecular formula is C7H11N3. The molecule has 2 heterocycles. The lowest BCUT2D eigenvalue weighted by molar-refractivity contribution is 0.563. The number of nitrogens with zero attached hydrogens (tertiary/aromatic N) is 3. The van der Waals surface area contributed by atoms with Gasteiger partial charge in [0, 0.05) is 12.5 Å². The number of aryl methyl sites for hydroxylation is 2. The molecule has 1 aliphatic heterocycles. The summed E-state index contributed by atoms with van der Waals surface area (Å²) in [4.78, 5) is 0. The van der Waals surface area contributed by atoms with Gasteiger partial charge in [0.25, 0.3) is 0 Å². The highest BCUT2D eigenvalue weighted by Gasteiger charge is 2.20. The van der Waals surface area contributed by atoms with Crippen molar-refractivity contribution in [1.29, 1.82) is 0 Å². The molecule has 10 heavy (non-hydrogen) atoms. The van der Waals surface area contributed by atoms with Gasteiger partial charge in [-0.3, -0.25) is 0 Å². The van der Waals surface area contributed by atoms with Gasteiger partial charge in [-0.05, 0) is 20.3 Å². The Morgan fingerprint density at radius 3 is 3.00 bits per heavy atom. The maximum Gasteiger partial charge on any atom is 0.133 e. The zero-order valence-electron chi connectivity index (χ0n) is 6.33. The van der Waals surface area contributed by atoms with Crippen molar-refractivity contribution in [2.45, 2.75) is 32.7 Å². The molecule has 3 heteroatoms. The first-order valence-electron chi connectivity index (χ1n) is 3.69. The highest BCUT2D eigenvalue weighted by Crippen LogP contribution is 2.24. The van der Waals surface area contributed by atoms with Gasteiger partial charge in [0.1, 0.15) is 11.6 Å². The van der Waals surface area contributed by atoms with Crippen LogP contribution < -0.4 is 0 Å². The first-order chi connectivity index (χ1) is 4.79. The van der Waals surface area contributed by atoms with Crippen LogP contribution in [0.4, 0.5) is 0 Å². The monoisotopic (exact) mass is 137 g/mol. The standard InChI is InChI=1S/C7H11N3/c1-5-3-4-7-9-8-6(2)10(5)7/h5H,3-4H2,1-2H3. The van der Waals surface area contributed by atoms with Crippen LogP contribution in [0.2, 0.25) is 0 Å². The Bertz CT molecular complexity index is 251. The Hall–Kier alpha value is -0.860. The SMILES string of the molecule is Cc1nnc2n1C(C)CC2. The van der Waals surface area contributed by atoms with Gasteiger partial charge in [-0.1, -0.05) is 0 Å². The molecule has 0 spiro atoms. The van der Waals surface area contributed by atoms with Crippen LogP contribution in [0.15, 0.2) is 0 Å². The van der Waals surface area contributed by atoms with E-state index in [0.717, 1.165) is 18.1 Å². The van der Waals surface area contributed by atoms with Crippen molar-refractivity contribution in [3.63, 3.8) is 0 Å². The summed E-state index contributed by atoms with van der Waals surface area (Å²) in [6.07, 6.45) is 2.33. The van der Waals surface area contributed by atoms with Crippen molar-refractivity contribution < 1.29 is 0 Å². The Morgan fingerprint density at radius 2 is 2.30 bits per heavy atom. The Labute approximate surface area is 60.1 Å². The van der Waals surface area contributed by atoms with E-state index in [9.17, 15) is 0 Å². The van der Waals surface area contributed by atoms with E-state index in [0.29, 0.717) is 6.04 Å². The fourth-order valence-corrected chi connectivity index (χ4v) is 1.62. The van der Waals surface area contributed by atoms with Gasteiger partial charge >= 0.3 is 0 Å². The van der Waals surface area contributed by atoms with Crippen molar-refractivity contribution >= 4 is 0 Å². The summed E-state index contributed by atoms with van der Waals surface area (Å²) in [6, 6.07) is 0.616. The summed E-state index contributed by atoms with van der Waals surface area (Å²) in [5, 5.41) is 8.06. The van der Waals surface area contributed by atoms with Crippen LogP contribution >= 0.6 is 0 Å². The van der Waals surface area contributed by atoms with Crippen molar-refractivity contribution in [2.24, 2.45) is 0 Å². The molecule has 1 aliphatic rings. The third-order valence-electron chi connectivity index (χ3n) is 2.16. The van der Waals surface area contributed by atoms with Crippen LogP contribution in [0.1, 0.15) is 31.0 Å². The van der Waals surface area contributed by atoms with E-state index < -0.39 is 0 Å². The third-order valence-corrected chi connectivity index (χ3v) is 2.16. The Morgan fingerprint density at radius 1 is 1.50 bits per heavy atom. The molecule has 3 nitrogen and oxygen atoms in total. The second kappa shape index (κ2) is 1.81. The second-order valence-electron chi connectivity index (χ2n) is 2.92. The zero-order chi connectivity index (χ0) is 7.14. The van der Waals surface area contributed by atoms with Gasteiger partial charge in [-0.15, -0.1) is 10.2 Å². The normalized spacial score (nSPS) is 23.2. The minimum Gasteiger partial charge on any atom is -0.312 e. The number of hydrogen-bond acceptors (Lipinski definition) is 2. The lowest BCUT2D eigenvalue weighted by Gasteiger charge is -2.05. The first kappa shape index (κ1) is 5.89. The largest absolute Gasteiger partial charge is 0.312 e. The molecule has 0 saturated carbocycles. The molecule has 0 radical (unpaired) electrons. The summed E-state index contributed by atoms with van der Waals surface area (Å²) < 4.78 is 2.22. The van der Waals surface area contributed by atoms with Crippen molar-refractivity contribution in [3.8, 4) is 0 Å². The Balaban J connectivity index is 2.54. The zero-order valence-corrected chi connectivity index (χ0v) is 6.33. The maximum atomic E-state index is 4.06. The molecule has 1 aromatic heterocycles. The van der Waals surface area contributed by atoms with Gasteiger partial charge in [0.15, 0.2) is 0 Å². The van der Waals surface area contributed by atoms with Crippen LogP contribution in [-0.2, 0) is 6.42 Å². The summed E-state index contributed by atoms with van der Waals surface area (Å²) in [5.74, 6) is 2.21. The predicted octanol–water partition coefficient (Wildman–Crippen LogP) is 1.09. The van der Waals surface area contributed by atoms with E-state index in [-0.39, 0.29) is 0 Å².